The van der Waals surface area contributed by atoms with Crippen LogP contribution in [0.4, 0.5) is 5.82 Å². The largest absolute Gasteiger partial charge is 0.380 e. The Bertz CT molecular complexity index is 288. The minimum absolute atomic E-state index is 0.547. The van der Waals surface area contributed by atoms with E-state index in [0.717, 1.165) is 23.3 Å². The predicted octanol–water partition coefficient (Wildman–Crippen LogP) is 2.30. The highest BCUT2D eigenvalue weighted by atomic mass is 79.9. The number of hydrogen-bond acceptors (Lipinski definition) is 4. The molecule has 0 radical (unpaired) electrons. The van der Waals surface area contributed by atoms with Crippen molar-refractivity contribution in [2.75, 3.05) is 31.0 Å². The zero-order valence-corrected chi connectivity index (χ0v) is 10.6. The molecule has 15 heavy (non-hydrogen) atoms. The van der Waals surface area contributed by atoms with Gasteiger partial charge in [-0.05, 0) is 22.4 Å². The van der Waals surface area contributed by atoms with Crippen LogP contribution in [0.25, 0.3) is 0 Å². The van der Waals surface area contributed by atoms with Crippen molar-refractivity contribution in [3.05, 3.63) is 17.0 Å². The maximum atomic E-state index is 5.47. The molecule has 0 atom stereocenters. The normalized spacial score (nSPS) is 10.3. The van der Waals surface area contributed by atoms with Crippen LogP contribution in [0.1, 0.15) is 6.42 Å². The molecule has 0 unspecified atom stereocenters. The van der Waals surface area contributed by atoms with Gasteiger partial charge in [-0.3, -0.25) is 0 Å². The molecule has 0 aliphatic heterocycles. The molecular weight excluding hydrogens is 281 g/mol. The number of aromatic nitrogens is 2. The van der Waals surface area contributed by atoms with Gasteiger partial charge in [0.1, 0.15) is 12.1 Å². The van der Waals surface area contributed by atoms with Crippen LogP contribution in [0.15, 0.2) is 17.0 Å². The van der Waals surface area contributed by atoms with Crippen molar-refractivity contribution in [1.29, 1.82) is 0 Å². The molecule has 0 aliphatic rings. The van der Waals surface area contributed by atoms with E-state index >= 15 is 0 Å². The summed E-state index contributed by atoms with van der Waals surface area (Å²) >= 11 is 8.82. The minimum atomic E-state index is 0.547. The van der Waals surface area contributed by atoms with Crippen molar-refractivity contribution in [2.45, 2.75) is 6.42 Å². The van der Waals surface area contributed by atoms with Crippen LogP contribution in [0.5, 0.6) is 0 Å². The number of nitrogens with one attached hydrogen (secondary N) is 1. The van der Waals surface area contributed by atoms with Crippen LogP contribution in [-0.2, 0) is 4.74 Å². The lowest BCUT2D eigenvalue weighted by atomic mass is 10.4. The molecular formula is C9H13BrClN3O. The Morgan fingerprint density at radius 1 is 1.47 bits per heavy atom. The number of nitrogens with zero attached hydrogens (tertiary/aromatic N) is 2. The average Bonchev–Trinajstić information content (AvgIpc) is 2.25. The molecule has 4 nitrogen and oxygen atoms in total. The molecule has 1 N–H and O–H groups in total. The number of ether oxygens (including phenoxy) is 1. The Hall–Kier alpha value is -0.390. The highest BCUT2D eigenvalue weighted by Gasteiger charge is 1.98. The molecule has 1 aromatic heterocycles. The first-order valence-corrected chi connectivity index (χ1v) is 6.00. The summed E-state index contributed by atoms with van der Waals surface area (Å²) in [6, 6.07) is 0. The molecule has 0 spiro atoms. The molecule has 0 aliphatic carbocycles. The Balaban J connectivity index is 2.12. The summed E-state index contributed by atoms with van der Waals surface area (Å²) in [6.07, 6.45) is 4.14. The van der Waals surface area contributed by atoms with Crippen LogP contribution >= 0.6 is 27.5 Å². The van der Waals surface area contributed by atoms with E-state index in [1.165, 1.54) is 6.33 Å². The summed E-state index contributed by atoms with van der Waals surface area (Å²) in [5.41, 5.74) is 0. The van der Waals surface area contributed by atoms with E-state index < -0.39 is 0 Å². The molecule has 0 bridgehead atoms. The summed E-state index contributed by atoms with van der Waals surface area (Å²) in [5, 5.41) is 3.18. The van der Waals surface area contributed by atoms with E-state index in [4.69, 9.17) is 16.3 Å². The van der Waals surface area contributed by atoms with E-state index in [-0.39, 0.29) is 0 Å². The summed E-state index contributed by atoms with van der Waals surface area (Å²) < 4.78 is 6.10. The van der Waals surface area contributed by atoms with Gasteiger partial charge in [0.15, 0.2) is 0 Å². The maximum absolute atomic E-state index is 5.47. The fourth-order valence-corrected chi connectivity index (χ4v) is 1.45. The van der Waals surface area contributed by atoms with E-state index in [2.05, 4.69) is 31.2 Å². The Kier molecular flexibility index (Phi) is 6.63. The molecule has 0 saturated carbocycles. The molecule has 1 rings (SSSR count). The average molecular weight is 295 g/mol. The van der Waals surface area contributed by atoms with Crippen molar-refractivity contribution in [3.63, 3.8) is 0 Å². The van der Waals surface area contributed by atoms with Crippen LogP contribution in [0.3, 0.4) is 0 Å². The second-order valence-electron chi connectivity index (χ2n) is 2.80. The third-order valence-electron chi connectivity index (χ3n) is 1.65. The Morgan fingerprint density at radius 3 is 3.07 bits per heavy atom. The van der Waals surface area contributed by atoms with Crippen molar-refractivity contribution >= 4 is 33.3 Å². The van der Waals surface area contributed by atoms with E-state index in [1.54, 1.807) is 6.20 Å². The zero-order valence-electron chi connectivity index (χ0n) is 8.25. The molecule has 0 saturated heterocycles. The van der Waals surface area contributed by atoms with Gasteiger partial charge in [-0.15, -0.1) is 11.6 Å². The number of rotatable bonds is 7. The van der Waals surface area contributed by atoms with E-state index in [1.807, 2.05) is 0 Å². The summed E-state index contributed by atoms with van der Waals surface area (Å²) in [6.45, 7) is 2.14. The van der Waals surface area contributed by atoms with Crippen molar-refractivity contribution in [2.24, 2.45) is 0 Å². The number of anilines is 1. The monoisotopic (exact) mass is 293 g/mol. The molecule has 1 aromatic rings. The SMILES string of the molecule is ClCCOCCCNc1ncncc1Br. The first kappa shape index (κ1) is 12.7. The topological polar surface area (TPSA) is 47.0 Å². The minimum Gasteiger partial charge on any atom is -0.380 e. The lowest BCUT2D eigenvalue weighted by Crippen LogP contribution is -2.08. The molecule has 0 fully saturated rings. The van der Waals surface area contributed by atoms with Crippen molar-refractivity contribution in [1.82, 2.24) is 9.97 Å². The lowest BCUT2D eigenvalue weighted by Gasteiger charge is -2.06. The Morgan fingerprint density at radius 2 is 2.33 bits per heavy atom. The van der Waals surface area contributed by atoms with Gasteiger partial charge in [-0.2, -0.15) is 0 Å². The van der Waals surface area contributed by atoms with Gasteiger partial charge >= 0.3 is 0 Å². The molecule has 1 heterocycles. The van der Waals surface area contributed by atoms with Gasteiger partial charge in [0, 0.05) is 25.2 Å². The maximum Gasteiger partial charge on any atom is 0.143 e. The van der Waals surface area contributed by atoms with Gasteiger partial charge < -0.3 is 10.1 Å². The van der Waals surface area contributed by atoms with Crippen LogP contribution in [-0.4, -0.2) is 35.6 Å². The predicted molar refractivity (Wildman–Crippen MR) is 64.4 cm³/mol. The van der Waals surface area contributed by atoms with Crippen LogP contribution < -0.4 is 5.32 Å². The molecule has 6 heteroatoms. The van der Waals surface area contributed by atoms with Crippen LogP contribution in [0.2, 0.25) is 0 Å². The second-order valence-corrected chi connectivity index (χ2v) is 4.03. The fourth-order valence-electron chi connectivity index (χ4n) is 0.980. The molecule has 0 amide bonds. The van der Waals surface area contributed by atoms with Crippen LogP contribution in [0, 0.1) is 0 Å². The summed E-state index contributed by atoms with van der Waals surface area (Å²) in [5.74, 6) is 1.35. The third-order valence-corrected chi connectivity index (χ3v) is 2.38. The first-order valence-electron chi connectivity index (χ1n) is 4.67. The first-order chi connectivity index (χ1) is 7.34. The number of hydrogen-bond donors (Lipinski definition) is 1. The summed E-state index contributed by atoms with van der Waals surface area (Å²) in [4.78, 5) is 7.96. The van der Waals surface area contributed by atoms with Gasteiger partial charge in [-0.25, -0.2) is 9.97 Å². The smallest absolute Gasteiger partial charge is 0.143 e. The Labute approximate surface area is 103 Å². The molecule has 0 aromatic carbocycles. The highest BCUT2D eigenvalue weighted by Crippen LogP contribution is 2.16. The van der Waals surface area contributed by atoms with Crippen molar-refractivity contribution < 1.29 is 4.74 Å². The van der Waals surface area contributed by atoms with E-state index in [0.29, 0.717) is 19.1 Å². The molecule has 84 valence electrons. The highest BCUT2D eigenvalue weighted by molar-refractivity contribution is 9.10. The summed E-state index contributed by atoms with van der Waals surface area (Å²) in [7, 11) is 0. The lowest BCUT2D eigenvalue weighted by molar-refractivity contribution is 0.149. The zero-order chi connectivity index (χ0) is 10.9. The number of halogens is 2. The van der Waals surface area contributed by atoms with Gasteiger partial charge in [-0.1, -0.05) is 0 Å². The van der Waals surface area contributed by atoms with Gasteiger partial charge in [0.05, 0.1) is 11.1 Å². The fraction of sp³-hybridized carbons (Fsp3) is 0.556. The quantitative estimate of drug-likeness (QED) is 0.619. The van der Waals surface area contributed by atoms with Crippen molar-refractivity contribution in [3.8, 4) is 0 Å². The van der Waals surface area contributed by atoms with Gasteiger partial charge in [0.25, 0.3) is 0 Å². The van der Waals surface area contributed by atoms with E-state index in [9.17, 15) is 0 Å². The number of alkyl halides is 1. The van der Waals surface area contributed by atoms with Gasteiger partial charge in [0.2, 0.25) is 0 Å². The standard InChI is InChI=1S/C9H13BrClN3O/c10-8-6-12-7-14-9(8)13-3-1-4-15-5-2-11/h6-7H,1-5H2,(H,12,13,14). The second kappa shape index (κ2) is 7.84. The third kappa shape index (κ3) is 5.30.